The molecule has 34 heavy (non-hydrogen) atoms. The second kappa shape index (κ2) is 12.2. The van der Waals surface area contributed by atoms with Gasteiger partial charge in [-0.15, -0.1) is 0 Å². The lowest BCUT2D eigenvalue weighted by Gasteiger charge is -2.32. The van der Waals surface area contributed by atoms with Gasteiger partial charge >= 0.3 is 0 Å². The molecule has 0 aliphatic carbocycles. The van der Waals surface area contributed by atoms with Gasteiger partial charge in [-0.3, -0.25) is 13.9 Å². The number of unbranched alkanes of at least 4 members (excludes halogenated alkanes) is 1. The van der Waals surface area contributed by atoms with Gasteiger partial charge in [-0.25, -0.2) is 12.8 Å². The van der Waals surface area contributed by atoms with Crippen LogP contribution < -0.4 is 9.62 Å². The minimum atomic E-state index is -3.88. The van der Waals surface area contributed by atoms with E-state index in [0.717, 1.165) is 23.4 Å². The summed E-state index contributed by atoms with van der Waals surface area (Å²) < 4.78 is 40.6. The van der Waals surface area contributed by atoms with Gasteiger partial charge in [0.25, 0.3) is 0 Å². The lowest BCUT2D eigenvalue weighted by atomic mass is 10.1. The van der Waals surface area contributed by atoms with Crippen LogP contribution in [0.3, 0.4) is 0 Å². The molecule has 7 nitrogen and oxygen atoms in total. The summed E-state index contributed by atoms with van der Waals surface area (Å²) >= 11 is 6.08. The quantitative estimate of drug-likeness (QED) is 0.464. The second-order valence-electron chi connectivity index (χ2n) is 8.13. The number of nitrogens with zero attached hydrogens (tertiary/aromatic N) is 2. The Bertz CT molecular complexity index is 1130. The van der Waals surface area contributed by atoms with Crippen molar-refractivity contribution in [2.75, 3.05) is 23.7 Å². The Kier molecular flexibility index (Phi) is 9.88. The van der Waals surface area contributed by atoms with E-state index >= 15 is 0 Å². The van der Waals surface area contributed by atoms with Gasteiger partial charge in [0, 0.05) is 23.7 Å². The van der Waals surface area contributed by atoms with E-state index in [1.165, 1.54) is 36.1 Å². The molecule has 0 aliphatic rings. The molecule has 0 fully saturated rings. The van der Waals surface area contributed by atoms with Crippen molar-refractivity contribution in [3.05, 3.63) is 64.4 Å². The third kappa shape index (κ3) is 7.43. The van der Waals surface area contributed by atoms with Crippen LogP contribution in [-0.4, -0.2) is 50.5 Å². The fourth-order valence-corrected chi connectivity index (χ4v) is 4.44. The first-order valence-corrected chi connectivity index (χ1v) is 13.2. The first-order chi connectivity index (χ1) is 16.0. The molecule has 2 aromatic carbocycles. The predicted octanol–water partition coefficient (Wildman–Crippen LogP) is 3.89. The maximum atomic E-state index is 14.4. The highest BCUT2D eigenvalue weighted by molar-refractivity contribution is 7.92. The molecule has 10 heteroatoms. The monoisotopic (exact) mass is 511 g/mol. The summed E-state index contributed by atoms with van der Waals surface area (Å²) in [5.41, 5.74) is 1.08. The predicted molar refractivity (Wildman–Crippen MR) is 133 cm³/mol. The molecule has 0 saturated carbocycles. The number of carbonyl (C=O) groups is 2. The summed E-state index contributed by atoms with van der Waals surface area (Å²) in [4.78, 5) is 27.4. The highest BCUT2D eigenvalue weighted by Crippen LogP contribution is 2.27. The number of amides is 2. The molecule has 2 aromatic rings. The Hall–Kier alpha value is -2.65. The van der Waals surface area contributed by atoms with Gasteiger partial charge in [0.15, 0.2) is 0 Å². The molecule has 2 amide bonds. The van der Waals surface area contributed by atoms with E-state index in [0.29, 0.717) is 17.1 Å². The molecule has 0 spiro atoms. The van der Waals surface area contributed by atoms with Crippen molar-refractivity contribution in [2.24, 2.45) is 0 Å². The average Bonchev–Trinajstić information content (AvgIpc) is 2.77. The van der Waals surface area contributed by atoms with Crippen LogP contribution in [0.1, 0.15) is 37.8 Å². The minimum Gasteiger partial charge on any atom is -0.354 e. The number of hydrogen-bond donors (Lipinski definition) is 1. The Labute approximate surface area is 205 Å². The van der Waals surface area contributed by atoms with Crippen LogP contribution in [0.2, 0.25) is 5.02 Å². The summed E-state index contributed by atoms with van der Waals surface area (Å²) in [5, 5.41) is 3.09. The zero-order chi connectivity index (χ0) is 25.5. The van der Waals surface area contributed by atoms with Crippen molar-refractivity contribution in [1.82, 2.24) is 10.2 Å². The molecule has 1 atom stereocenters. The number of hydrogen-bond acceptors (Lipinski definition) is 4. The van der Waals surface area contributed by atoms with Crippen molar-refractivity contribution in [3.63, 3.8) is 0 Å². The molecule has 186 valence electrons. The van der Waals surface area contributed by atoms with Gasteiger partial charge in [0.2, 0.25) is 21.8 Å². The summed E-state index contributed by atoms with van der Waals surface area (Å²) in [6.45, 7) is 4.91. The van der Waals surface area contributed by atoms with Crippen molar-refractivity contribution in [1.29, 1.82) is 0 Å². The Morgan fingerprint density at radius 1 is 1.18 bits per heavy atom. The largest absolute Gasteiger partial charge is 0.354 e. The van der Waals surface area contributed by atoms with Gasteiger partial charge in [-0.05, 0) is 44.0 Å². The van der Waals surface area contributed by atoms with Gasteiger partial charge in [-0.1, -0.05) is 49.2 Å². The summed E-state index contributed by atoms with van der Waals surface area (Å²) in [6.07, 6.45) is 2.65. The fourth-order valence-electron chi connectivity index (χ4n) is 3.37. The molecule has 2 rings (SSSR count). The fraction of sp³-hybridized carbons (Fsp3) is 0.417. The highest BCUT2D eigenvalue weighted by atomic mass is 35.5. The van der Waals surface area contributed by atoms with Crippen LogP contribution in [0, 0.1) is 12.7 Å². The second-order valence-corrected chi connectivity index (χ2v) is 10.5. The van der Waals surface area contributed by atoms with Crippen LogP contribution in [0.4, 0.5) is 10.1 Å². The maximum Gasteiger partial charge on any atom is 0.244 e. The first-order valence-electron chi connectivity index (χ1n) is 11.0. The van der Waals surface area contributed by atoms with Crippen molar-refractivity contribution < 1.29 is 22.4 Å². The number of carbonyl (C=O) groups excluding carboxylic acids is 2. The number of nitrogens with one attached hydrogen (secondary N) is 1. The standard InChI is InChI=1S/C24H31ClFN3O4S/c1-5-6-13-27-24(31)18(3)28(15-19-9-7-8-10-21(19)26)23(30)16-29(34(4,32)33)22-14-20(25)12-11-17(22)2/h7-12,14,18H,5-6,13,15-16H2,1-4H3,(H,27,31). The third-order valence-electron chi connectivity index (χ3n) is 5.41. The Balaban J connectivity index is 2.41. The Morgan fingerprint density at radius 3 is 2.47 bits per heavy atom. The SMILES string of the molecule is CCCCNC(=O)C(C)N(Cc1ccccc1F)C(=O)CN(c1cc(Cl)ccc1C)S(C)(=O)=O. The summed E-state index contributed by atoms with van der Waals surface area (Å²) in [6, 6.07) is 9.73. The maximum absolute atomic E-state index is 14.4. The van der Waals surface area contributed by atoms with Gasteiger partial charge in [-0.2, -0.15) is 0 Å². The molecule has 0 aromatic heterocycles. The Morgan fingerprint density at radius 2 is 1.85 bits per heavy atom. The zero-order valence-electron chi connectivity index (χ0n) is 19.8. The van der Waals surface area contributed by atoms with Crippen LogP contribution in [-0.2, 0) is 26.2 Å². The number of halogens is 2. The van der Waals surface area contributed by atoms with Crippen molar-refractivity contribution in [3.8, 4) is 0 Å². The van der Waals surface area contributed by atoms with Crippen LogP contribution in [0.5, 0.6) is 0 Å². The van der Waals surface area contributed by atoms with Crippen LogP contribution in [0.25, 0.3) is 0 Å². The van der Waals surface area contributed by atoms with Crippen molar-refractivity contribution in [2.45, 2.75) is 46.2 Å². The third-order valence-corrected chi connectivity index (χ3v) is 6.78. The molecular formula is C24H31ClFN3O4S. The van der Waals surface area contributed by atoms with E-state index in [4.69, 9.17) is 11.6 Å². The van der Waals surface area contributed by atoms with E-state index in [-0.39, 0.29) is 17.8 Å². The average molecular weight is 512 g/mol. The molecule has 0 aliphatic heterocycles. The highest BCUT2D eigenvalue weighted by Gasteiger charge is 2.31. The normalized spacial score (nSPS) is 12.2. The van der Waals surface area contributed by atoms with Gasteiger partial charge in [0.05, 0.1) is 11.9 Å². The first kappa shape index (κ1) is 27.6. The van der Waals surface area contributed by atoms with Gasteiger partial charge < -0.3 is 10.2 Å². The molecular weight excluding hydrogens is 481 g/mol. The molecule has 1 N–H and O–H groups in total. The van der Waals surface area contributed by atoms with E-state index in [2.05, 4.69) is 5.32 Å². The smallest absolute Gasteiger partial charge is 0.244 e. The molecule has 0 saturated heterocycles. The lowest BCUT2D eigenvalue weighted by Crippen LogP contribution is -2.51. The molecule has 1 unspecified atom stereocenters. The number of aryl methyl sites for hydroxylation is 1. The van der Waals surface area contributed by atoms with E-state index in [9.17, 15) is 22.4 Å². The number of rotatable bonds is 11. The topological polar surface area (TPSA) is 86.8 Å². The van der Waals surface area contributed by atoms with Crippen molar-refractivity contribution >= 4 is 39.1 Å². The number of sulfonamides is 1. The molecule has 0 radical (unpaired) electrons. The van der Waals surface area contributed by atoms with Crippen LogP contribution in [0.15, 0.2) is 42.5 Å². The van der Waals surface area contributed by atoms with E-state index in [1.54, 1.807) is 25.1 Å². The summed E-state index contributed by atoms with van der Waals surface area (Å²) in [5.74, 6) is -1.57. The molecule has 0 heterocycles. The van der Waals surface area contributed by atoms with E-state index in [1.807, 2.05) is 6.92 Å². The zero-order valence-corrected chi connectivity index (χ0v) is 21.4. The lowest BCUT2D eigenvalue weighted by molar-refractivity contribution is -0.139. The number of benzene rings is 2. The minimum absolute atomic E-state index is 0.194. The van der Waals surface area contributed by atoms with Gasteiger partial charge in [0.1, 0.15) is 18.4 Å². The van der Waals surface area contributed by atoms with Crippen LogP contribution >= 0.6 is 11.6 Å². The van der Waals surface area contributed by atoms with E-state index < -0.39 is 40.2 Å². The molecule has 0 bridgehead atoms. The number of anilines is 1. The summed E-state index contributed by atoms with van der Waals surface area (Å²) in [7, 11) is -3.88.